The molecular weight excluding hydrogens is 263 g/mol. The maximum Gasteiger partial charge on any atom is 0.337 e. The topological polar surface area (TPSA) is 83.2 Å². The Morgan fingerprint density at radius 2 is 2.00 bits per heavy atom. The number of esters is 1. The highest BCUT2D eigenvalue weighted by atomic mass is 19.1. The van der Waals surface area contributed by atoms with Crippen LogP contribution < -0.4 is 4.74 Å². The predicted octanol–water partition coefficient (Wildman–Crippen LogP) is 2.47. The van der Waals surface area contributed by atoms with Gasteiger partial charge in [0, 0.05) is 18.3 Å². The first-order chi connectivity index (χ1) is 9.57. The molecule has 0 heterocycles. The van der Waals surface area contributed by atoms with Gasteiger partial charge in [-0.3, -0.25) is 0 Å². The van der Waals surface area contributed by atoms with Crippen molar-refractivity contribution in [3.05, 3.63) is 29.1 Å². The molecule has 2 N–H and O–H groups in total. The monoisotopic (exact) mass is 280 g/mol. The van der Waals surface area contributed by atoms with Gasteiger partial charge in [0.05, 0.1) is 19.8 Å². The molecule has 0 aliphatic carbocycles. The molecule has 108 valence electrons. The molecule has 0 atom stereocenters. The van der Waals surface area contributed by atoms with Crippen LogP contribution in [-0.4, -0.2) is 32.6 Å². The maximum absolute atomic E-state index is 14.1. The molecule has 0 radical (unpaired) electrons. The number of aryl methyl sites for hydroxylation is 1. The lowest BCUT2D eigenvalue weighted by atomic mass is 9.99. The lowest BCUT2D eigenvalue weighted by Gasteiger charge is -2.11. The molecule has 0 saturated carbocycles. The van der Waals surface area contributed by atoms with E-state index in [0.717, 1.165) is 12.4 Å². The van der Waals surface area contributed by atoms with Gasteiger partial charge in [0.15, 0.2) is 11.6 Å². The van der Waals surface area contributed by atoms with Crippen LogP contribution >= 0.6 is 0 Å². The second-order valence-electron chi connectivity index (χ2n) is 4.18. The Morgan fingerprint density at radius 1 is 1.35 bits per heavy atom. The summed E-state index contributed by atoms with van der Waals surface area (Å²) in [6, 6.07) is 2.70. The minimum absolute atomic E-state index is 0.0239. The third kappa shape index (κ3) is 3.63. The van der Waals surface area contributed by atoms with Gasteiger partial charge in [-0.25, -0.2) is 9.18 Å². The summed E-state index contributed by atoms with van der Waals surface area (Å²) in [4.78, 5) is 11.5. The molecule has 0 fully saturated rings. The largest absolute Gasteiger partial charge is 0.494 e. The van der Waals surface area contributed by atoms with Crippen LogP contribution in [0.3, 0.4) is 0 Å². The molecule has 1 aromatic carbocycles. The van der Waals surface area contributed by atoms with Crippen molar-refractivity contribution >= 4 is 18.4 Å². The van der Waals surface area contributed by atoms with E-state index in [1.807, 2.05) is 0 Å². The van der Waals surface area contributed by atoms with Crippen LogP contribution in [-0.2, 0) is 11.2 Å². The molecule has 0 aliphatic heterocycles. The number of rotatable bonds is 7. The molecule has 0 spiro atoms. The summed E-state index contributed by atoms with van der Waals surface area (Å²) in [5.74, 6) is -1.47. The van der Waals surface area contributed by atoms with Crippen molar-refractivity contribution in [3.8, 4) is 5.75 Å². The van der Waals surface area contributed by atoms with Gasteiger partial charge >= 0.3 is 5.97 Å². The number of carbonyl (C=O) groups is 1. The Labute approximate surface area is 116 Å². The fourth-order valence-corrected chi connectivity index (χ4v) is 1.76. The van der Waals surface area contributed by atoms with E-state index in [1.165, 1.54) is 26.4 Å². The van der Waals surface area contributed by atoms with Crippen LogP contribution in [0.15, 0.2) is 12.1 Å². The third-order valence-corrected chi connectivity index (χ3v) is 2.93. The lowest BCUT2D eigenvalue weighted by molar-refractivity contribution is 0.0600. The minimum Gasteiger partial charge on any atom is -0.494 e. The van der Waals surface area contributed by atoms with Gasteiger partial charge < -0.3 is 20.3 Å². The molecule has 0 aromatic heterocycles. The Hall–Kier alpha value is -2.24. The van der Waals surface area contributed by atoms with Crippen LogP contribution in [0, 0.1) is 22.6 Å². The van der Waals surface area contributed by atoms with E-state index < -0.39 is 11.8 Å². The third-order valence-electron chi connectivity index (χ3n) is 2.93. The lowest BCUT2D eigenvalue weighted by Crippen LogP contribution is -2.08. The summed E-state index contributed by atoms with van der Waals surface area (Å²) in [5, 5.41) is 14.3. The van der Waals surface area contributed by atoms with Crippen LogP contribution in [0.1, 0.15) is 22.3 Å². The predicted molar refractivity (Wildman–Crippen MR) is 73.7 cm³/mol. The van der Waals surface area contributed by atoms with Gasteiger partial charge in [-0.1, -0.05) is 0 Å². The number of carbonyl (C=O) groups excluding carboxylic acids is 1. The molecule has 0 amide bonds. The fraction of sp³-hybridized carbons (Fsp3) is 0.357. The molecule has 6 heteroatoms. The van der Waals surface area contributed by atoms with Gasteiger partial charge in [0.1, 0.15) is 0 Å². The van der Waals surface area contributed by atoms with Crippen molar-refractivity contribution in [1.82, 2.24) is 0 Å². The highest BCUT2D eigenvalue weighted by Crippen LogP contribution is 2.25. The summed E-state index contributed by atoms with van der Waals surface area (Å²) in [7, 11) is 2.57. The summed E-state index contributed by atoms with van der Waals surface area (Å²) in [6.07, 6.45) is 2.97. The maximum atomic E-state index is 14.1. The molecule has 1 aromatic rings. The van der Waals surface area contributed by atoms with Crippen LogP contribution in [0.5, 0.6) is 5.75 Å². The Morgan fingerprint density at radius 3 is 2.50 bits per heavy atom. The fourth-order valence-electron chi connectivity index (χ4n) is 1.76. The van der Waals surface area contributed by atoms with Gasteiger partial charge in [0.25, 0.3) is 0 Å². The van der Waals surface area contributed by atoms with Crippen molar-refractivity contribution in [2.75, 3.05) is 14.2 Å². The molecule has 0 unspecified atom stereocenters. The highest BCUT2D eigenvalue weighted by molar-refractivity contribution is 5.90. The summed E-state index contributed by atoms with van der Waals surface area (Å²) < 4.78 is 23.6. The van der Waals surface area contributed by atoms with Gasteiger partial charge in [-0.2, -0.15) is 0 Å². The first-order valence-electron chi connectivity index (χ1n) is 6.03. The molecule has 0 saturated heterocycles. The number of benzene rings is 1. The summed E-state index contributed by atoms with van der Waals surface area (Å²) in [6.45, 7) is 0. The smallest absolute Gasteiger partial charge is 0.337 e. The molecule has 0 bridgehead atoms. The average molecular weight is 280 g/mol. The van der Waals surface area contributed by atoms with E-state index in [2.05, 4.69) is 4.74 Å². The van der Waals surface area contributed by atoms with Crippen LogP contribution in [0.4, 0.5) is 4.39 Å². The number of nitrogens with one attached hydrogen (secondary N) is 2. The molecule has 1 rings (SSSR count). The van der Waals surface area contributed by atoms with Crippen molar-refractivity contribution in [3.63, 3.8) is 0 Å². The van der Waals surface area contributed by atoms with Gasteiger partial charge in [0.2, 0.25) is 0 Å². The van der Waals surface area contributed by atoms with Crippen molar-refractivity contribution in [2.45, 2.75) is 12.8 Å². The summed E-state index contributed by atoms with van der Waals surface area (Å²) in [5.41, 5.74) is 0.514. The van der Waals surface area contributed by atoms with Crippen molar-refractivity contribution in [2.24, 2.45) is 5.92 Å². The van der Waals surface area contributed by atoms with Crippen LogP contribution in [0.2, 0.25) is 0 Å². The highest BCUT2D eigenvalue weighted by Gasteiger charge is 2.16. The average Bonchev–Trinajstić information content (AvgIpc) is 2.48. The van der Waals surface area contributed by atoms with E-state index in [0.29, 0.717) is 18.4 Å². The molecule has 5 nitrogen and oxygen atoms in total. The standard InChI is InChI=1S/C14H17FN2O3/c1-19-12-6-11(14(18)20-2)5-10(13(12)15)4-3-9(7-16)8-17/h5-9,16-17H,3-4H2,1-2H3. The van der Waals surface area contributed by atoms with E-state index in [4.69, 9.17) is 15.6 Å². The van der Waals surface area contributed by atoms with Gasteiger partial charge in [-0.05, 0) is 30.5 Å². The van der Waals surface area contributed by atoms with E-state index in [1.54, 1.807) is 0 Å². The normalized spacial score (nSPS) is 11.6. The second kappa shape index (κ2) is 7.37. The summed E-state index contributed by atoms with van der Waals surface area (Å²) >= 11 is 0. The SMILES string of the molecule is COC(=O)c1cc(CCC(C=N)C=N)c(F)c(OC)c1. The first kappa shape index (κ1) is 15.8. The number of halogens is 1. The number of hydrogen-bond donors (Lipinski definition) is 2. The van der Waals surface area contributed by atoms with Crippen LogP contribution in [0.25, 0.3) is 0 Å². The van der Waals surface area contributed by atoms with Crippen molar-refractivity contribution in [1.29, 1.82) is 10.8 Å². The van der Waals surface area contributed by atoms with E-state index in [-0.39, 0.29) is 17.2 Å². The molecule has 0 aliphatic rings. The minimum atomic E-state index is -0.569. The molecule has 20 heavy (non-hydrogen) atoms. The Bertz CT molecular complexity index is 509. The Balaban J connectivity index is 3.07. The van der Waals surface area contributed by atoms with Crippen molar-refractivity contribution < 1.29 is 18.7 Å². The first-order valence-corrected chi connectivity index (χ1v) is 6.03. The zero-order valence-electron chi connectivity index (χ0n) is 11.4. The van der Waals surface area contributed by atoms with E-state index >= 15 is 0 Å². The quantitative estimate of drug-likeness (QED) is 0.594. The van der Waals surface area contributed by atoms with E-state index in [9.17, 15) is 9.18 Å². The second-order valence-corrected chi connectivity index (χ2v) is 4.18. The van der Waals surface area contributed by atoms with Gasteiger partial charge in [-0.15, -0.1) is 0 Å². The number of ether oxygens (including phenoxy) is 2. The number of methoxy groups -OCH3 is 2. The zero-order valence-corrected chi connectivity index (χ0v) is 11.4. The molecular formula is C14H17FN2O3. The Kier molecular flexibility index (Phi) is 5.83. The number of hydrogen-bond acceptors (Lipinski definition) is 5. The zero-order chi connectivity index (χ0) is 15.1.